The monoisotopic (exact) mass is 407 g/mol. The van der Waals surface area contributed by atoms with E-state index in [1.807, 2.05) is 43.4 Å². The molecule has 1 aromatic rings. The number of nitrogens with zero attached hydrogens (tertiary/aromatic N) is 1. The predicted octanol–water partition coefficient (Wildman–Crippen LogP) is 3.97. The second kappa shape index (κ2) is 8.33. The molecule has 0 unspecified atom stereocenters. The predicted molar refractivity (Wildman–Crippen MR) is 105 cm³/mol. The fraction of sp³-hybridized carbons (Fsp3) is 0.167. The zero-order valence-corrected chi connectivity index (χ0v) is 15.9. The van der Waals surface area contributed by atoms with Crippen molar-refractivity contribution in [2.45, 2.75) is 0 Å². The number of likely N-dealkylation sites (N-methyl/N-ethyl adjacent to an activating group) is 2. The largest absolute Gasteiger partial charge is 0.361 e. The highest BCUT2D eigenvalue weighted by molar-refractivity contribution is 9.11. The van der Waals surface area contributed by atoms with E-state index in [1.54, 1.807) is 12.1 Å². The number of rotatable bonds is 6. The van der Waals surface area contributed by atoms with Crippen molar-refractivity contribution >= 4 is 39.5 Å². The Morgan fingerprint density at radius 3 is 2.92 bits per heavy atom. The van der Waals surface area contributed by atoms with Gasteiger partial charge in [-0.1, -0.05) is 34.1 Å². The van der Waals surface area contributed by atoms with Gasteiger partial charge in [0.2, 0.25) is 0 Å². The Hall–Kier alpha value is -1.82. The zero-order chi connectivity index (χ0) is 17.7. The van der Waals surface area contributed by atoms with E-state index in [-0.39, 0.29) is 0 Å². The van der Waals surface area contributed by atoms with Crippen LogP contribution in [0, 0.1) is 0 Å². The van der Waals surface area contributed by atoms with Crippen molar-refractivity contribution in [1.82, 2.24) is 10.6 Å². The minimum Gasteiger partial charge on any atom is -0.361 e. The number of aldehydes is 1. The molecule has 1 aliphatic heterocycles. The van der Waals surface area contributed by atoms with E-state index >= 15 is 0 Å². The van der Waals surface area contributed by atoms with Crippen molar-refractivity contribution in [3.8, 4) is 0 Å². The minimum atomic E-state index is 0.525. The second-order valence-electron chi connectivity index (χ2n) is 5.25. The Bertz CT molecular complexity index is 753. The number of nitrogens with one attached hydrogen (secondary N) is 2. The van der Waals surface area contributed by atoms with Crippen LogP contribution < -0.4 is 15.5 Å². The highest BCUT2D eigenvalue weighted by atomic mass is 79.9. The molecule has 0 fully saturated rings. The average Bonchev–Trinajstić information content (AvgIpc) is 2.60. The van der Waals surface area contributed by atoms with Crippen molar-refractivity contribution in [2.75, 3.05) is 25.5 Å². The van der Waals surface area contributed by atoms with E-state index < -0.39 is 0 Å². The van der Waals surface area contributed by atoms with Crippen molar-refractivity contribution in [3.05, 3.63) is 75.2 Å². The molecule has 126 valence electrons. The lowest BCUT2D eigenvalue weighted by Gasteiger charge is -2.26. The standard InChI is InChI=1S/C18H19BrClN3O/c1-12(13-6-7-22-17(9-13)16(19)10-21-2)23(3)18-5-4-15(20)8-14(18)11-24/h4-9,11,21-22H,1,10H2,2-3H3/b17-16+. The first-order chi connectivity index (χ1) is 11.5. The molecule has 0 bridgehead atoms. The normalized spacial score (nSPS) is 15.4. The molecular weight excluding hydrogens is 390 g/mol. The van der Waals surface area contributed by atoms with Gasteiger partial charge in [0.1, 0.15) is 0 Å². The van der Waals surface area contributed by atoms with Gasteiger partial charge in [-0.25, -0.2) is 0 Å². The number of allylic oxidation sites excluding steroid dienone is 2. The first kappa shape index (κ1) is 18.5. The molecule has 2 N–H and O–H groups in total. The number of carbonyl (C=O) groups excluding carboxylic acids is 1. The average molecular weight is 409 g/mol. The number of hydrogen-bond donors (Lipinski definition) is 2. The van der Waals surface area contributed by atoms with Crippen LogP contribution in [0.2, 0.25) is 5.02 Å². The summed E-state index contributed by atoms with van der Waals surface area (Å²) in [5, 5.41) is 6.82. The van der Waals surface area contributed by atoms with Gasteiger partial charge in [-0.2, -0.15) is 0 Å². The van der Waals surface area contributed by atoms with Crippen molar-refractivity contribution in [2.24, 2.45) is 0 Å². The SMILES string of the molecule is C=C(C1=C/C(=C(\Br)CNC)NC=C1)N(C)c1ccc(Cl)cc1C=O. The molecule has 0 spiro atoms. The Kier molecular flexibility index (Phi) is 6.43. The third-order valence-corrected chi connectivity index (χ3v) is 4.58. The van der Waals surface area contributed by atoms with Crippen LogP contribution in [0.5, 0.6) is 0 Å². The molecule has 24 heavy (non-hydrogen) atoms. The van der Waals surface area contributed by atoms with Crippen LogP contribution in [0.15, 0.2) is 64.6 Å². The highest BCUT2D eigenvalue weighted by Gasteiger charge is 2.15. The zero-order valence-electron chi connectivity index (χ0n) is 13.6. The molecule has 0 atom stereocenters. The van der Waals surface area contributed by atoms with E-state index in [9.17, 15) is 4.79 Å². The van der Waals surface area contributed by atoms with Gasteiger partial charge in [0, 0.05) is 46.1 Å². The van der Waals surface area contributed by atoms with Crippen LogP contribution in [-0.4, -0.2) is 26.9 Å². The van der Waals surface area contributed by atoms with Gasteiger partial charge in [0.25, 0.3) is 0 Å². The third-order valence-electron chi connectivity index (χ3n) is 3.64. The lowest BCUT2D eigenvalue weighted by Crippen LogP contribution is -2.21. The van der Waals surface area contributed by atoms with Gasteiger partial charge in [-0.15, -0.1) is 0 Å². The summed E-state index contributed by atoms with van der Waals surface area (Å²) in [5.41, 5.74) is 3.97. The molecular formula is C18H19BrClN3O. The Balaban J connectivity index is 2.32. The fourth-order valence-electron chi connectivity index (χ4n) is 2.32. The van der Waals surface area contributed by atoms with Crippen LogP contribution in [-0.2, 0) is 0 Å². The van der Waals surface area contributed by atoms with Crippen LogP contribution in [0.1, 0.15) is 10.4 Å². The van der Waals surface area contributed by atoms with Gasteiger partial charge in [-0.05, 0) is 37.4 Å². The molecule has 2 rings (SSSR count). The molecule has 1 aromatic carbocycles. The summed E-state index contributed by atoms with van der Waals surface area (Å²) in [6, 6.07) is 5.22. The molecule has 0 aliphatic carbocycles. The first-order valence-electron chi connectivity index (χ1n) is 7.33. The summed E-state index contributed by atoms with van der Waals surface area (Å²) < 4.78 is 1.02. The van der Waals surface area contributed by atoms with E-state index in [4.69, 9.17) is 11.6 Å². The Morgan fingerprint density at radius 1 is 1.50 bits per heavy atom. The minimum absolute atomic E-state index is 0.525. The van der Waals surface area contributed by atoms with Gasteiger partial charge < -0.3 is 15.5 Å². The van der Waals surface area contributed by atoms with Gasteiger partial charge in [0.15, 0.2) is 6.29 Å². The van der Waals surface area contributed by atoms with Gasteiger partial charge in [-0.3, -0.25) is 4.79 Å². The Morgan fingerprint density at radius 2 is 2.25 bits per heavy atom. The van der Waals surface area contributed by atoms with Crippen LogP contribution in [0.4, 0.5) is 5.69 Å². The van der Waals surface area contributed by atoms with Crippen molar-refractivity contribution in [3.63, 3.8) is 0 Å². The summed E-state index contributed by atoms with van der Waals surface area (Å²) in [6.07, 6.45) is 6.62. The van der Waals surface area contributed by atoms with E-state index in [0.717, 1.165) is 40.0 Å². The molecule has 4 nitrogen and oxygen atoms in total. The maximum atomic E-state index is 11.3. The molecule has 1 aliphatic rings. The molecule has 6 heteroatoms. The third kappa shape index (κ3) is 4.17. The molecule has 0 aromatic heterocycles. The second-order valence-corrected chi connectivity index (χ2v) is 6.65. The van der Waals surface area contributed by atoms with Crippen LogP contribution >= 0.6 is 27.5 Å². The summed E-state index contributed by atoms with van der Waals surface area (Å²) in [6.45, 7) is 4.89. The quantitative estimate of drug-likeness (QED) is 0.699. The lowest BCUT2D eigenvalue weighted by atomic mass is 10.1. The summed E-state index contributed by atoms with van der Waals surface area (Å²) in [7, 11) is 3.76. The summed E-state index contributed by atoms with van der Waals surface area (Å²) in [4.78, 5) is 13.2. The van der Waals surface area contributed by atoms with Crippen LogP contribution in [0.25, 0.3) is 0 Å². The molecule has 1 heterocycles. The number of hydrogen-bond acceptors (Lipinski definition) is 4. The maximum absolute atomic E-state index is 11.3. The van der Waals surface area contributed by atoms with E-state index in [2.05, 4.69) is 33.1 Å². The number of halogens is 2. The topological polar surface area (TPSA) is 44.4 Å². The van der Waals surface area contributed by atoms with Crippen LogP contribution in [0.3, 0.4) is 0 Å². The molecule has 0 amide bonds. The van der Waals surface area contributed by atoms with Crippen molar-refractivity contribution in [1.29, 1.82) is 0 Å². The number of anilines is 1. The Labute approximate surface area is 155 Å². The first-order valence-corrected chi connectivity index (χ1v) is 8.50. The fourth-order valence-corrected chi connectivity index (χ4v) is 3.01. The lowest BCUT2D eigenvalue weighted by molar-refractivity contribution is 0.112. The van der Waals surface area contributed by atoms with Gasteiger partial charge >= 0.3 is 0 Å². The maximum Gasteiger partial charge on any atom is 0.152 e. The summed E-state index contributed by atoms with van der Waals surface area (Å²) in [5.74, 6) is 0. The van der Waals surface area contributed by atoms with Gasteiger partial charge in [0.05, 0.1) is 11.4 Å². The number of carbonyl (C=O) groups is 1. The van der Waals surface area contributed by atoms with E-state index in [1.165, 1.54) is 0 Å². The molecule has 0 radical (unpaired) electrons. The summed E-state index contributed by atoms with van der Waals surface area (Å²) >= 11 is 9.53. The highest BCUT2D eigenvalue weighted by Crippen LogP contribution is 2.28. The van der Waals surface area contributed by atoms with Crippen molar-refractivity contribution < 1.29 is 4.79 Å². The number of dihydropyridines is 1. The number of benzene rings is 1. The smallest absolute Gasteiger partial charge is 0.152 e. The molecule has 0 saturated heterocycles. The van der Waals surface area contributed by atoms with E-state index in [0.29, 0.717) is 10.6 Å². The molecule has 0 saturated carbocycles.